The van der Waals surface area contributed by atoms with Crippen molar-refractivity contribution in [3.05, 3.63) is 41.1 Å². The number of nitrogens with one attached hydrogen (secondary N) is 2. The van der Waals surface area contributed by atoms with Gasteiger partial charge in [0.25, 0.3) is 0 Å². The van der Waals surface area contributed by atoms with Crippen molar-refractivity contribution in [1.82, 2.24) is 14.7 Å². The second kappa shape index (κ2) is 8.94. The van der Waals surface area contributed by atoms with Crippen LogP contribution in [0.3, 0.4) is 0 Å². The van der Waals surface area contributed by atoms with E-state index in [-0.39, 0.29) is 36.3 Å². The largest absolute Gasteiger partial charge is 0.448 e. The van der Waals surface area contributed by atoms with E-state index in [0.717, 1.165) is 35.2 Å². The molecule has 2 aliphatic rings. The van der Waals surface area contributed by atoms with Gasteiger partial charge in [-0.3, -0.25) is 4.79 Å². The zero-order valence-corrected chi connectivity index (χ0v) is 22.3. The van der Waals surface area contributed by atoms with Crippen molar-refractivity contribution < 1.29 is 19.1 Å². The summed E-state index contributed by atoms with van der Waals surface area (Å²) in [6.07, 6.45) is 1.90. The van der Waals surface area contributed by atoms with Gasteiger partial charge >= 0.3 is 12.1 Å². The third-order valence-corrected chi connectivity index (χ3v) is 7.94. The molecule has 2 heterocycles. The predicted octanol–water partition coefficient (Wildman–Crippen LogP) is 5.63. The van der Waals surface area contributed by atoms with Crippen molar-refractivity contribution in [1.29, 1.82) is 0 Å². The number of rotatable bonds is 4. The van der Waals surface area contributed by atoms with Gasteiger partial charge in [-0.1, -0.05) is 45.4 Å². The molecule has 1 saturated carbocycles. The zero-order chi connectivity index (χ0) is 26.5. The number of amides is 3. The van der Waals surface area contributed by atoms with Gasteiger partial charge in [0.2, 0.25) is 5.91 Å². The number of hydrogen-bond donors (Lipinski definition) is 2. The number of fused-ring (bicyclic) bond motifs is 1. The number of aryl methyl sites for hydroxylation is 1. The maximum atomic E-state index is 13.7. The van der Waals surface area contributed by atoms with Crippen molar-refractivity contribution in [3.8, 4) is 0 Å². The number of carbonyl (C=O) groups is 3. The van der Waals surface area contributed by atoms with Gasteiger partial charge in [-0.2, -0.15) is 5.10 Å². The van der Waals surface area contributed by atoms with Crippen molar-refractivity contribution in [3.63, 3.8) is 0 Å². The summed E-state index contributed by atoms with van der Waals surface area (Å²) in [6.45, 7) is 14.0. The highest BCUT2D eigenvalue weighted by Gasteiger charge is 2.53. The molecule has 0 saturated heterocycles. The maximum absolute atomic E-state index is 13.7. The number of hydrogen-bond acceptors (Lipinski definition) is 5. The molecular weight excluding hydrogens is 458 g/mol. The minimum atomic E-state index is -0.822. The van der Waals surface area contributed by atoms with Gasteiger partial charge in [0, 0.05) is 11.3 Å². The van der Waals surface area contributed by atoms with Crippen LogP contribution in [-0.4, -0.2) is 39.3 Å². The fraction of sp³-hybridized carbons (Fsp3) is 0.556. The molecule has 1 aliphatic heterocycles. The lowest BCUT2D eigenvalue weighted by molar-refractivity contribution is -0.139. The standard InChI is InChI=1S/C27H37N5O4/c1-8-36-24(35)32-21(29-22(33)27(14-11-15-27)25(3,4)5)18-16-31(26(6,7)20(18)30-32)23(34)28-19-13-10-9-12-17(19)2/h9-10,12-13H,8,11,14-16H2,1-7H3,(H,28,34)(H,29,33). The maximum Gasteiger partial charge on any atom is 0.436 e. The smallest absolute Gasteiger partial charge is 0.436 e. The van der Waals surface area contributed by atoms with Gasteiger partial charge in [0.1, 0.15) is 5.82 Å². The summed E-state index contributed by atoms with van der Waals surface area (Å²) >= 11 is 0. The van der Waals surface area contributed by atoms with Crippen LogP contribution in [0.2, 0.25) is 0 Å². The summed E-state index contributed by atoms with van der Waals surface area (Å²) in [4.78, 5) is 41.5. The number of nitrogens with zero attached hydrogens (tertiary/aromatic N) is 3. The van der Waals surface area contributed by atoms with Crippen LogP contribution in [0.5, 0.6) is 0 Å². The fourth-order valence-corrected chi connectivity index (χ4v) is 5.32. The monoisotopic (exact) mass is 495 g/mol. The van der Waals surface area contributed by atoms with Crippen molar-refractivity contribution in [2.75, 3.05) is 17.2 Å². The van der Waals surface area contributed by atoms with E-state index in [1.807, 2.05) is 45.0 Å². The molecule has 0 unspecified atom stereocenters. The second-order valence-corrected chi connectivity index (χ2v) is 11.3. The minimum absolute atomic E-state index is 0.130. The summed E-state index contributed by atoms with van der Waals surface area (Å²) in [5.41, 5.74) is 1.29. The molecule has 1 aliphatic carbocycles. The number of carbonyl (C=O) groups excluding carboxylic acids is 3. The number of urea groups is 1. The SMILES string of the molecule is CCOC(=O)n1nc2c(c1NC(=O)C1(C(C)(C)C)CCC1)CN(C(=O)Nc1ccccc1C)C2(C)C. The van der Waals surface area contributed by atoms with E-state index in [4.69, 9.17) is 4.74 Å². The van der Waals surface area contributed by atoms with E-state index in [9.17, 15) is 14.4 Å². The molecule has 4 rings (SSSR count). The van der Waals surface area contributed by atoms with Crippen LogP contribution in [0.25, 0.3) is 0 Å². The average molecular weight is 496 g/mol. The molecular formula is C27H37N5O4. The molecule has 1 aromatic carbocycles. The molecule has 36 heavy (non-hydrogen) atoms. The van der Waals surface area contributed by atoms with E-state index in [0.29, 0.717) is 11.3 Å². The Morgan fingerprint density at radius 1 is 1.11 bits per heavy atom. The Morgan fingerprint density at radius 2 is 1.78 bits per heavy atom. The summed E-state index contributed by atoms with van der Waals surface area (Å²) in [7, 11) is 0. The lowest BCUT2D eigenvalue weighted by Crippen LogP contribution is -2.51. The van der Waals surface area contributed by atoms with Crippen LogP contribution in [0.4, 0.5) is 21.1 Å². The molecule has 1 aromatic heterocycles. The van der Waals surface area contributed by atoms with Crippen molar-refractivity contribution in [2.24, 2.45) is 10.8 Å². The van der Waals surface area contributed by atoms with Gasteiger partial charge in [0.05, 0.1) is 29.8 Å². The Kier molecular flexibility index (Phi) is 6.39. The number of benzene rings is 1. The lowest BCUT2D eigenvalue weighted by atomic mass is 9.54. The van der Waals surface area contributed by atoms with Gasteiger partial charge in [-0.05, 0) is 57.6 Å². The normalized spacial score (nSPS) is 17.7. The molecule has 2 N–H and O–H groups in total. The second-order valence-electron chi connectivity index (χ2n) is 11.3. The molecule has 3 amide bonds. The molecule has 0 spiro atoms. The molecule has 9 nitrogen and oxygen atoms in total. The first-order valence-electron chi connectivity index (χ1n) is 12.6. The summed E-state index contributed by atoms with van der Waals surface area (Å²) in [6, 6.07) is 7.29. The Labute approximate surface area is 212 Å². The minimum Gasteiger partial charge on any atom is -0.448 e. The highest BCUT2D eigenvalue weighted by atomic mass is 16.6. The Bertz CT molecular complexity index is 1200. The average Bonchev–Trinajstić information content (AvgIpc) is 3.22. The molecule has 0 atom stereocenters. The third kappa shape index (κ3) is 4.04. The van der Waals surface area contributed by atoms with E-state index >= 15 is 0 Å². The Balaban J connectivity index is 1.69. The third-order valence-electron chi connectivity index (χ3n) is 7.94. The number of anilines is 2. The van der Waals surface area contributed by atoms with Gasteiger partial charge < -0.3 is 20.3 Å². The molecule has 1 fully saturated rings. The van der Waals surface area contributed by atoms with Gasteiger partial charge in [-0.25, -0.2) is 9.59 Å². The number of aromatic nitrogens is 2. The molecule has 194 valence electrons. The molecule has 0 bridgehead atoms. The quantitative estimate of drug-likeness (QED) is 0.572. The van der Waals surface area contributed by atoms with Gasteiger partial charge in [0.15, 0.2) is 0 Å². The highest BCUT2D eigenvalue weighted by Crippen LogP contribution is 2.54. The Hall–Kier alpha value is -3.36. The fourth-order valence-electron chi connectivity index (χ4n) is 5.32. The van der Waals surface area contributed by atoms with Crippen LogP contribution in [0, 0.1) is 17.8 Å². The summed E-state index contributed by atoms with van der Waals surface area (Å²) < 4.78 is 6.37. The van der Waals surface area contributed by atoms with Crippen LogP contribution in [0.1, 0.15) is 77.6 Å². The molecule has 0 radical (unpaired) electrons. The Morgan fingerprint density at radius 3 is 2.33 bits per heavy atom. The molecule has 2 aromatic rings. The predicted molar refractivity (Wildman–Crippen MR) is 138 cm³/mol. The summed E-state index contributed by atoms with van der Waals surface area (Å²) in [5, 5.41) is 10.6. The van der Waals surface area contributed by atoms with Crippen molar-refractivity contribution in [2.45, 2.75) is 79.8 Å². The number of ether oxygens (including phenoxy) is 1. The number of para-hydroxylation sites is 1. The van der Waals surface area contributed by atoms with Crippen LogP contribution < -0.4 is 10.6 Å². The first kappa shape index (κ1) is 25.7. The van der Waals surface area contributed by atoms with Crippen LogP contribution in [0.15, 0.2) is 24.3 Å². The summed E-state index contributed by atoms with van der Waals surface area (Å²) in [5.74, 6) is 0.151. The van der Waals surface area contributed by atoms with Crippen molar-refractivity contribution >= 4 is 29.5 Å². The van der Waals surface area contributed by atoms with Crippen LogP contribution >= 0.6 is 0 Å². The topological polar surface area (TPSA) is 106 Å². The zero-order valence-electron chi connectivity index (χ0n) is 22.3. The highest BCUT2D eigenvalue weighted by molar-refractivity contribution is 5.98. The van der Waals surface area contributed by atoms with E-state index in [1.165, 1.54) is 0 Å². The first-order chi connectivity index (χ1) is 16.8. The van der Waals surface area contributed by atoms with E-state index in [2.05, 4.69) is 36.5 Å². The van der Waals surface area contributed by atoms with E-state index < -0.39 is 17.0 Å². The first-order valence-corrected chi connectivity index (χ1v) is 12.6. The van der Waals surface area contributed by atoms with Crippen LogP contribution in [-0.2, 0) is 21.6 Å². The van der Waals surface area contributed by atoms with Gasteiger partial charge in [-0.15, -0.1) is 4.68 Å². The molecule has 9 heteroatoms. The van der Waals surface area contributed by atoms with E-state index in [1.54, 1.807) is 11.8 Å². The lowest BCUT2D eigenvalue weighted by Gasteiger charge is -2.50.